The van der Waals surface area contributed by atoms with Crippen LogP contribution < -0.4 is 16.2 Å². The van der Waals surface area contributed by atoms with Crippen molar-refractivity contribution in [3.8, 4) is 6.07 Å². The van der Waals surface area contributed by atoms with Gasteiger partial charge in [0.2, 0.25) is 5.95 Å². The highest BCUT2D eigenvalue weighted by molar-refractivity contribution is 7.91. The number of anilines is 1. The van der Waals surface area contributed by atoms with Crippen LogP contribution in [-0.2, 0) is 16.4 Å². The van der Waals surface area contributed by atoms with Crippen LogP contribution in [0.4, 0.5) is 5.95 Å². The third kappa shape index (κ3) is 4.74. The normalized spacial score (nSPS) is 19.8. The zero-order chi connectivity index (χ0) is 25.4. The lowest BCUT2D eigenvalue weighted by molar-refractivity contribution is 0.0775. The molecule has 5 rings (SSSR count). The lowest BCUT2D eigenvalue weighted by atomic mass is 10.1. The summed E-state index contributed by atoms with van der Waals surface area (Å²) in [5.41, 5.74) is 7.54. The molecule has 2 fully saturated rings. The summed E-state index contributed by atoms with van der Waals surface area (Å²) >= 11 is 1.07. The molecule has 188 valence electrons. The number of nitrogens with two attached hydrogens (primary N) is 1. The Kier molecular flexibility index (Phi) is 6.55. The van der Waals surface area contributed by atoms with E-state index in [1.54, 1.807) is 22.8 Å². The first kappa shape index (κ1) is 24.4. The SMILES string of the molecule is N#Cc1ccccc1Cn1c(N2CCC[C@@H](N)C2)nc2cc(C(=O)N3CCS(=O)(=O)CC3)sc2c1=O. The van der Waals surface area contributed by atoms with Crippen molar-refractivity contribution in [3.63, 3.8) is 0 Å². The smallest absolute Gasteiger partial charge is 0.273 e. The lowest BCUT2D eigenvalue weighted by Crippen LogP contribution is -2.45. The molecule has 1 aromatic carbocycles. The molecule has 36 heavy (non-hydrogen) atoms. The molecule has 3 aromatic rings. The minimum Gasteiger partial charge on any atom is -0.341 e. The van der Waals surface area contributed by atoms with E-state index in [1.165, 1.54) is 4.90 Å². The summed E-state index contributed by atoms with van der Waals surface area (Å²) in [5.74, 6) is 0.0464. The summed E-state index contributed by atoms with van der Waals surface area (Å²) < 4.78 is 25.4. The molecule has 2 aromatic heterocycles. The summed E-state index contributed by atoms with van der Waals surface area (Å²) in [4.78, 5) is 35.6. The second kappa shape index (κ2) is 9.65. The highest BCUT2D eigenvalue weighted by Gasteiger charge is 2.29. The highest BCUT2D eigenvalue weighted by atomic mass is 32.2. The number of amides is 1. The van der Waals surface area contributed by atoms with E-state index in [9.17, 15) is 23.3 Å². The van der Waals surface area contributed by atoms with Crippen LogP contribution in [0.2, 0.25) is 0 Å². The first-order valence-electron chi connectivity index (χ1n) is 11.8. The van der Waals surface area contributed by atoms with Crippen LogP contribution in [0, 0.1) is 11.3 Å². The number of piperidine rings is 1. The molecule has 2 aliphatic heterocycles. The maximum atomic E-state index is 13.8. The van der Waals surface area contributed by atoms with E-state index in [1.807, 2.05) is 17.0 Å². The summed E-state index contributed by atoms with van der Waals surface area (Å²) in [6.45, 7) is 1.68. The Labute approximate surface area is 212 Å². The fraction of sp³-hybridized carbons (Fsp3) is 0.417. The molecule has 0 bridgehead atoms. The molecule has 12 heteroatoms. The molecule has 0 aliphatic carbocycles. The van der Waals surface area contributed by atoms with Crippen molar-refractivity contribution < 1.29 is 13.2 Å². The third-order valence-corrected chi connectivity index (χ3v) is 9.37. The average Bonchev–Trinajstić information content (AvgIpc) is 3.30. The number of nitriles is 1. The van der Waals surface area contributed by atoms with Crippen molar-refractivity contribution in [1.82, 2.24) is 14.5 Å². The molecule has 0 saturated carbocycles. The van der Waals surface area contributed by atoms with Crippen molar-refractivity contribution in [3.05, 3.63) is 56.7 Å². The highest BCUT2D eigenvalue weighted by Crippen LogP contribution is 2.27. The number of hydrogen-bond acceptors (Lipinski definition) is 9. The quantitative estimate of drug-likeness (QED) is 0.534. The molecule has 4 heterocycles. The van der Waals surface area contributed by atoms with Gasteiger partial charge in [0, 0.05) is 32.2 Å². The number of benzene rings is 1. The van der Waals surface area contributed by atoms with Gasteiger partial charge in [0.15, 0.2) is 9.84 Å². The number of thiophene rings is 1. The molecule has 0 radical (unpaired) electrons. The number of carbonyl (C=O) groups is 1. The maximum absolute atomic E-state index is 13.8. The molecule has 1 atom stereocenters. The van der Waals surface area contributed by atoms with E-state index in [0.717, 1.165) is 24.2 Å². The number of nitrogens with zero attached hydrogens (tertiary/aromatic N) is 5. The van der Waals surface area contributed by atoms with E-state index >= 15 is 0 Å². The van der Waals surface area contributed by atoms with Crippen molar-refractivity contribution in [2.75, 3.05) is 42.6 Å². The first-order chi connectivity index (χ1) is 17.3. The second-order valence-electron chi connectivity index (χ2n) is 9.19. The number of rotatable bonds is 4. The minimum atomic E-state index is -3.12. The van der Waals surface area contributed by atoms with Gasteiger partial charge in [-0.05, 0) is 30.5 Å². The van der Waals surface area contributed by atoms with Gasteiger partial charge in [0.05, 0.1) is 40.1 Å². The Bertz CT molecular complexity index is 1520. The second-order valence-corrected chi connectivity index (χ2v) is 12.5. The number of aromatic nitrogens is 2. The van der Waals surface area contributed by atoms with Gasteiger partial charge in [-0.15, -0.1) is 11.3 Å². The molecule has 1 amide bonds. The zero-order valence-corrected chi connectivity index (χ0v) is 21.2. The van der Waals surface area contributed by atoms with Crippen molar-refractivity contribution >= 4 is 43.2 Å². The van der Waals surface area contributed by atoms with Crippen LogP contribution >= 0.6 is 11.3 Å². The molecule has 2 saturated heterocycles. The summed E-state index contributed by atoms with van der Waals surface area (Å²) in [6.07, 6.45) is 1.76. The Balaban J connectivity index is 1.58. The molecule has 10 nitrogen and oxygen atoms in total. The van der Waals surface area contributed by atoms with Gasteiger partial charge in [-0.2, -0.15) is 5.26 Å². The van der Waals surface area contributed by atoms with E-state index < -0.39 is 9.84 Å². The zero-order valence-electron chi connectivity index (χ0n) is 19.6. The van der Waals surface area contributed by atoms with Gasteiger partial charge in [0.1, 0.15) is 4.70 Å². The third-order valence-electron chi connectivity index (χ3n) is 6.66. The molecule has 0 spiro atoms. The molecular weight excluding hydrogens is 500 g/mol. The maximum Gasteiger partial charge on any atom is 0.273 e. The lowest BCUT2D eigenvalue weighted by Gasteiger charge is -2.33. The van der Waals surface area contributed by atoms with Crippen molar-refractivity contribution in [2.24, 2.45) is 5.73 Å². The minimum absolute atomic E-state index is 0.0406. The summed E-state index contributed by atoms with van der Waals surface area (Å²) in [5, 5.41) is 9.55. The Hall–Kier alpha value is -3.27. The molecule has 2 N–H and O–H groups in total. The van der Waals surface area contributed by atoms with Crippen LogP contribution in [0.5, 0.6) is 0 Å². The van der Waals surface area contributed by atoms with Gasteiger partial charge in [-0.1, -0.05) is 18.2 Å². The fourth-order valence-electron chi connectivity index (χ4n) is 4.69. The number of fused-ring (bicyclic) bond motifs is 1. The van der Waals surface area contributed by atoms with Crippen LogP contribution in [0.3, 0.4) is 0 Å². The Morgan fingerprint density at radius 2 is 1.97 bits per heavy atom. The number of hydrogen-bond donors (Lipinski definition) is 1. The van der Waals surface area contributed by atoms with E-state index in [4.69, 9.17) is 10.7 Å². The van der Waals surface area contributed by atoms with E-state index in [0.29, 0.717) is 45.3 Å². The van der Waals surface area contributed by atoms with Crippen LogP contribution in [0.1, 0.15) is 33.6 Å². The standard InChI is InChI=1S/C24H26N6O4S2/c25-13-16-4-1-2-5-17(16)14-30-23(32)21-19(27-24(30)29-7-3-6-18(26)15-29)12-20(35-21)22(31)28-8-10-36(33,34)11-9-28/h1-2,4-5,12,18H,3,6-11,14-15,26H2/t18-/m1/s1. The largest absolute Gasteiger partial charge is 0.341 e. The van der Waals surface area contributed by atoms with Gasteiger partial charge in [-0.25, -0.2) is 13.4 Å². The van der Waals surface area contributed by atoms with Gasteiger partial charge in [-0.3, -0.25) is 14.2 Å². The summed E-state index contributed by atoms with van der Waals surface area (Å²) in [7, 11) is -3.12. The van der Waals surface area contributed by atoms with Crippen molar-refractivity contribution in [2.45, 2.75) is 25.4 Å². The van der Waals surface area contributed by atoms with Crippen LogP contribution in [0.25, 0.3) is 10.2 Å². The Morgan fingerprint density at radius 3 is 2.69 bits per heavy atom. The average molecular weight is 527 g/mol. The fourth-order valence-corrected chi connectivity index (χ4v) is 6.90. The number of sulfone groups is 1. The summed E-state index contributed by atoms with van der Waals surface area (Å²) in [6, 6.07) is 10.9. The van der Waals surface area contributed by atoms with Gasteiger partial charge >= 0.3 is 0 Å². The predicted octanol–water partition coefficient (Wildman–Crippen LogP) is 1.18. The van der Waals surface area contributed by atoms with Gasteiger partial charge in [0.25, 0.3) is 11.5 Å². The van der Waals surface area contributed by atoms with E-state index in [2.05, 4.69) is 6.07 Å². The predicted molar refractivity (Wildman–Crippen MR) is 138 cm³/mol. The molecular formula is C24H26N6O4S2. The number of carbonyl (C=O) groups excluding carboxylic acids is 1. The van der Waals surface area contributed by atoms with Gasteiger partial charge < -0.3 is 15.5 Å². The monoisotopic (exact) mass is 526 g/mol. The topological polar surface area (TPSA) is 142 Å². The van der Waals surface area contributed by atoms with Crippen LogP contribution in [-0.4, -0.2) is 72.5 Å². The molecule has 0 unspecified atom stereocenters. The molecule has 2 aliphatic rings. The Morgan fingerprint density at radius 1 is 1.22 bits per heavy atom. The van der Waals surface area contributed by atoms with E-state index in [-0.39, 0.29) is 48.6 Å². The van der Waals surface area contributed by atoms with Crippen molar-refractivity contribution in [1.29, 1.82) is 5.26 Å². The first-order valence-corrected chi connectivity index (χ1v) is 14.4. The van der Waals surface area contributed by atoms with Crippen LogP contribution in [0.15, 0.2) is 35.1 Å².